The van der Waals surface area contributed by atoms with Crippen molar-refractivity contribution in [3.8, 4) is 50.7 Å². The van der Waals surface area contributed by atoms with Gasteiger partial charge in [0.2, 0.25) is 0 Å². The third-order valence-corrected chi connectivity index (χ3v) is 17.4. The smallest absolute Gasteiger partial charge is 0.135 e. The number of hydrogen-bond acceptors (Lipinski definition) is 4. The third kappa shape index (κ3) is 10.6. The molecule has 0 radical (unpaired) electrons. The Bertz CT molecular complexity index is 3870. The molecular weight excluding hydrogens is 1190 g/mol. The Kier molecular flexibility index (Phi) is 15.1. The summed E-state index contributed by atoms with van der Waals surface area (Å²) in [6.07, 6.45) is 14.1. The van der Waals surface area contributed by atoms with Crippen LogP contribution in [0.25, 0.3) is 61.0 Å². The van der Waals surface area contributed by atoms with E-state index >= 15 is 0 Å². The van der Waals surface area contributed by atoms with Crippen molar-refractivity contribution < 1.29 is 34.6 Å². The molecule has 2 saturated carbocycles. The minimum absolute atomic E-state index is 0. The molecule has 2 aliphatic carbocycles. The van der Waals surface area contributed by atoms with E-state index in [9.17, 15) is 8.78 Å². The van der Waals surface area contributed by atoms with Crippen molar-refractivity contribution >= 4 is 44.6 Å². The summed E-state index contributed by atoms with van der Waals surface area (Å²) in [6.45, 7) is 15.5. The van der Waals surface area contributed by atoms with Gasteiger partial charge < -0.3 is 19.1 Å². The van der Waals surface area contributed by atoms with Crippen LogP contribution in [0.3, 0.4) is 0 Å². The molecule has 0 saturated heterocycles. The Morgan fingerprint density at radius 1 is 0.524 bits per heavy atom. The van der Waals surface area contributed by atoms with Crippen molar-refractivity contribution in [2.75, 3.05) is 9.80 Å². The summed E-state index contributed by atoms with van der Waals surface area (Å²) in [5, 5.41) is 2.19. The number of aromatic nitrogens is 2. The summed E-state index contributed by atoms with van der Waals surface area (Å²) in [4.78, 5) is 9.47. The van der Waals surface area contributed by atoms with E-state index in [4.69, 9.17) is 9.72 Å². The Labute approximate surface area is 497 Å². The average Bonchev–Trinajstić information content (AvgIpc) is 3.42. The Morgan fingerprint density at radius 3 is 1.70 bits per heavy atom. The predicted octanol–water partition coefficient (Wildman–Crippen LogP) is 20.9. The largest absolute Gasteiger partial charge is 0.509 e. The first-order chi connectivity index (χ1) is 39.2. The standard InChI is InChI=1S/C74H69F2N4O.Pt/c1-73(2,3)53-38-39-77-70(44-53)80-66-25-14-13-22-62(66)63-37-36-58(46-69(63)80)81-59-41-52(71-60(48-18-9-7-10-19-48)23-17-24-61(71)49-20-11-8-12-21-49)40-57(45-59)78-47-79(68-27-16-15-26-67(68)78)72-64(50-28-32-55(75)33-29-50)42-54(74(4,5)6)43-65(72)51-30-34-56(76)35-31-51;/h13-17,22-44,47-49H,7-12,18-21H2,1-6H3;/q-3;. The molecule has 418 valence electrons. The Hall–Kier alpha value is -7.34. The van der Waals surface area contributed by atoms with Gasteiger partial charge in [0, 0.05) is 72.5 Å². The number of pyridine rings is 1. The van der Waals surface area contributed by atoms with Gasteiger partial charge in [0.1, 0.15) is 17.5 Å². The van der Waals surface area contributed by atoms with E-state index in [1.807, 2.05) is 36.5 Å². The molecule has 13 rings (SSSR count). The van der Waals surface area contributed by atoms with Gasteiger partial charge >= 0.3 is 0 Å². The fourth-order valence-electron chi connectivity index (χ4n) is 13.1. The van der Waals surface area contributed by atoms with Gasteiger partial charge in [-0.3, -0.25) is 0 Å². The van der Waals surface area contributed by atoms with Gasteiger partial charge in [0.25, 0.3) is 0 Å². The second-order valence-electron chi connectivity index (χ2n) is 24.8. The maximum Gasteiger partial charge on any atom is 0.135 e. The van der Waals surface area contributed by atoms with Crippen molar-refractivity contribution in [1.29, 1.82) is 0 Å². The molecule has 0 atom stereocenters. The fraction of sp³-hybridized carbons (Fsp3) is 0.270. The van der Waals surface area contributed by atoms with Gasteiger partial charge in [-0.15, -0.1) is 53.6 Å². The van der Waals surface area contributed by atoms with Crippen LogP contribution in [0, 0.1) is 30.4 Å². The predicted molar refractivity (Wildman–Crippen MR) is 330 cm³/mol. The van der Waals surface area contributed by atoms with Gasteiger partial charge in [-0.2, -0.15) is 6.07 Å². The number of halogens is 2. The van der Waals surface area contributed by atoms with E-state index in [2.05, 4.69) is 184 Å². The molecule has 0 bridgehead atoms. The van der Waals surface area contributed by atoms with Crippen molar-refractivity contribution in [1.82, 2.24) is 9.55 Å². The SMILES string of the molecule is CC(C)(C)c1ccnc(-n2c3[c-]c(Oc4[c-]c(N5[CH-]N(c6c(-c7ccc(F)cc7)cc(C(C)(C)C)cc6-c6ccc(F)cc6)c6ccccc65)cc(-c5c(C6CCCCC6)cccc5C5CCCCC5)c4)ccc3c3ccccc32)c1.[Pt]. The number of nitrogens with zero attached hydrogens (tertiary/aromatic N) is 4. The molecule has 0 N–H and O–H groups in total. The van der Waals surface area contributed by atoms with Crippen LogP contribution in [0.4, 0.5) is 31.5 Å². The molecule has 3 aliphatic rings. The first kappa shape index (κ1) is 55.2. The molecule has 0 amide bonds. The number of ether oxygens (including phenoxy) is 1. The molecule has 82 heavy (non-hydrogen) atoms. The van der Waals surface area contributed by atoms with Gasteiger partial charge in [-0.25, -0.2) is 13.8 Å². The quantitative estimate of drug-likeness (QED) is 0.128. The van der Waals surface area contributed by atoms with E-state index in [0.717, 1.165) is 83.8 Å². The van der Waals surface area contributed by atoms with Crippen molar-refractivity contribution in [2.24, 2.45) is 0 Å². The molecule has 5 nitrogen and oxygen atoms in total. The molecule has 2 aromatic heterocycles. The van der Waals surface area contributed by atoms with Crippen LogP contribution in [0.1, 0.15) is 140 Å². The fourth-order valence-corrected chi connectivity index (χ4v) is 13.1. The summed E-state index contributed by atoms with van der Waals surface area (Å²) in [7, 11) is 0. The molecular formula is C74H69F2N4OPt-3. The van der Waals surface area contributed by atoms with Crippen LogP contribution in [0.15, 0.2) is 170 Å². The second kappa shape index (κ2) is 22.4. The van der Waals surface area contributed by atoms with E-state index < -0.39 is 0 Å². The Morgan fingerprint density at radius 2 is 1.10 bits per heavy atom. The zero-order valence-corrected chi connectivity index (χ0v) is 50.0. The van der Waals surface area contributed by atoms with Crippen molar-refractivity contribution in [3.05, 3.63) is 223 Å². The number of rotatable bonds is 10. The van der Waals surface area contributed by atoms with Gasteiger partial charge in [0.05, 0.1) is 0 Å². The van der Waals surface area contributed by atoms with Crippen LogP contribution < -0.4 is 14.5 Å². The molecule has 0 unspecified atom stereocenters. The summed E-state index contributed by atoms with van der Waals surface area (Å²) in [5.41, 5.74) is 16.5. The molecule has 10 aromatic rings. The molecule has 3 heterocycles. The van der Waals surface area contributed by atoms with Gasteiger partial charge in [-0.05, 0) is 159 Å². The number of benzene rings is 8. The molecule has 8 heteroatoms. The zero-order chi connectivity index (χ0) is 55.6. The first-order valence-corrected chi connectivity index (χ1v) is 29.3. The molecule has 0 spiro atoms. The minimum atomic E-state index is -0.303. The van der Waals surface area contributed by atoms with E-state index in [1.165, 1.54) is 111 Å². The molecule has 8 aromatic carbocycles. The van der Waals surface area contributed by atoms with E-state index in [0.29, 0.717) is 23.3 Å². The monoisotopic (exact) mass is 1260 g/mol. The minimum Gasteiger partial charge on any atom is -0.509 e. The topological polar surface area (TPSA) is 33.5 Å². The molecule has 2 fully saturated rings. The summed E-state index contributed by atoms with van der Waals surface area (Å²) in [5.74, 6) is 2.30. The van der Waals surface area contributed by atoms with Gasteiger partial charge in [0.15, 0.2) is 0 Å². The number of hydrogen-bond donors (Lipinski definition) is 0. The maximum atomic E-state index is 14.8. The summed E-state index contributed by atoms with van der Waals surface area (Å²) < 4.78 is 39.2. The number of anilines is 4. The van der Waals surface area contributed by atoms with Crippen molar-refractivity contribution in [2.45, 2.75) is 128 Å². The third-order valence-electron chi connectivity index (χ3n) is 17.4. The van der Waals surface area contributed by atoms with Crippen molar-refractivity contribution in [3.63, 3.8) is 0 Å². The van der Waals surface area contributed by atoms with Crippen LogP contribution >= 0.6 is 0 Å². The van der Waals surface area contributed by atoms with Gasteiger partial charge in [-0.1, -0.05) is 158 Å². The normalized spacial score (nSPS) is 15.3. The van der Waals surface area contributed by atoms with Crippen LogP contribution in [-0.2, 0) is 31.9 Å². The summed E-state index contributed by atoms with van der Waals surface area (Å²) >= 11 is 0. The zero-order valence-electron chi connectivity index (χ0n) is 47.7. The summed E-state index contributed by atoms with van der Waals surface area (Å²) in [6, 6.07) is 62.8. The van der Waals surface area contributed by atoms with Crippen LogP contribution in [-0.4, -0.2) is 9.55 Å². The van der Waals surface area contributed by atoms with E-state index in [-0.39, 0.29) is 43.5 Å². The maximum absolute atomic E-state index is 14.8. The second-order valence-corrected chi connectivity index (χ2v) is 24.8. The Balaban J connectivity index is 0.00000665. The van der Waals surface area contributed by atoms with Crippen LogP contribution in [0.2, 0.25) is 0 Å². The van der Waals surface area contributed by atoms with Crippen LogP contribution in [0.5, 0.6) is 11.5 Å². The molecule has 1 aliphatic heterocycles. The number of fused-ring (bicyclic) bond motifs is 4. The first-order valence-electron chi connectivity index (χ1n) is 29.3. The average molecular weight is 1260 g/mol. The number of para-hydroxylation sites is 3. The van der Waals surface area contributed by atoms with E-state index in [1.54, 1.807) is 0 Å².